The number of nitrogens with one attached hydrogen (secondary N) is 1. The lowest BCUT2D eigenvalue weighted by Crippen LogP contribution is -2.48. The van der Waals surface area contributed by atoms with Gasteiger partial charge in [-0.3, -0.25) is 9.59 Å². The third kappa shape index (κ3) is 9.49. The first-order chi connectivity index (χ1) is 19.3. The molecule has 0 radical (unpaired) electrons. The van der Waals surface area contributed by atoms with Gasteiger partial charge >= 0.3 is 24.7 Å². The van der Waals surface area contributed by atoms with Crippen LogP contribution in [0.1, 0.15) is 45.5 Å². The van der Waals surface area contributed by atoms with Crippen molar-refractivity contribution in [1.82, 2.24) is 10.2 Å². The number of carbonyl (C=O) groups excluding carboxylic acids is 2. The third-order valence-corrected chi connectivity index (χ3v) is 6.01. The number of allylic oxidation sites excluding steroid dienone is 1. The predicted molar refractivity (Wildman–Crippen MR) is 126 cm³/mol. The smallest absolute Gasteiger partial charge is 0.341 e. The van der Waals surface area contributed by atoms with Crippen LogP contribution in [-0.4, -0.2) is 48.7 Å². The lowest BCUT2D eigenvalue weighted by Gasteiger charge is -2.23. The molecule has 2 atom stereocenters. The number of benzene rings is 2. The first-order valence-electron chi connectivity index (χ1n) is 11.5. The Balaban J connectivity index is 2.50. The summed E-state index contributed by atoms with van der Waals surface area (Å²) in [6.07, 6.45) is -21.2. The molecular formula is C25H18ClF13N2O2. The van der Waals surface area contributed by atoms with Crippen LogP contribution in [0.4, 0.5) is 57.1 Å². The largest absolute Gasteiger partial charge is 0.417 e. The highest BCUT2D eigenvalue weighted by Crippen LogP contribution is 2.43. The zero-order valence-electron chi connectivity index (χ0n) is 21.5. The molecule has 2 amide bonds. The van der Waals surface area contributed by atoms with E-state index in [4.69, 9.17) is 11.6 Å². The molecule has 0 spiro atoms. The molecule has 0 aliphatic rings. The molecule has 4 nitrogen and oxygen atoms in total. The van der Waals surface area contributed by atoms with Gasteiger partial charge in [-0.2, -0.15) is 52.7 Å². The van der Waals surface area contributed by atoms with E-state index in [1.54, 1.807) is 5.32 Å². The molecule has 0 saturated carbocycles. The molecule has 43 heavy (non-hydrogen) atoms. The number of hydrogen-bond donors (Lipinski definition) is 1. The van der Waals surface area contributed by atoms with Crippen LogP contribution in [-0.2, 0) is 17.1 Å². The average Bonchev–Trinajstić information content (AvgIpc) is 2.83. The number of carbonyl (C=O) groups is 2. The van der Waals surface area contributed by atoms with Gasteiger partial charge in [0.2, 0.25) is 5.91 Å². The summed E-state index contributed by atoms with van der Waals surface area (Å²) >= 11 is 5.40. The molecule has 0 fully saturated rings. The maximum Gasteiger partial charge on any atom is 0.417 e. The Morgan fingerprint density at radius 3 is 1.93 bits per heavy atom. The Bertz CT molecular complexity index is 1380. The number of alkyl halides is 12. The van der Waals surface area contributed by atoms with E-state index in [9.17, 15) is 66.7 Å². The number of amides is 2. The summed E-state index contributed by atoms with van der Waals surface area (Å²) in [5.41, 5.74) is -7.13. The van der Waals surface area contributed by atoms with Gasteiger partial charge in [-0.15, -0.1) is 0 Å². The van der Waals surface area contributed by atoms with Gasteiger partial charge in [0.15, 0.2) is 0 Å². The number of rotatable bonds is 7. The molecule has 0 aliphatic carbocycles. The van der Waals surface area contributed by atoms with Crippen molar-refractivity contribution in [2.75, 3.05) is 13.6 Å². The van der Waals surface area contributed by atoms with Crippen molar-refractivity contribution in [3.05, 3.63) is 75.3 Å². The number of hydrogen-bond acceptors (Lipinski definition) is 2. The van der Waals surface area contributed by atoms with Crippen molar-refractivity contribution in [3.8, 4) is 0 Å². The lowest BCUT2D eigenvalue weighted by molar-refractivity contribution is -0.159. The van der Waals surface area contributed by atoms with E-state index in [0.29, 0.717) is 31.3 Å². The first kappa shape index (κ1) is 35.7. The Kier molecular flexibility index (Phi) is 10.5. The van der Waals surface area contributed by atoms with Crippen LogP contribution in [0.5, 0.6) is 0 Å². The zero-order chi connectivity index (χ0) is 33.3. The second-order valence-corrected chi connectivity index (χ2v) is 9.44. The van der Waals surface area contributed by atoms with E-state index in [2.05, 4.69) is 0 Å². The quantitative estimate of drug-likeness (QED) is 0.305. The van der Waals surface area contributed by atoms with Crippen LogP contribution in [0.2, 0.25) is 5.02 Å². The molecule has 1 N–H and O–H groups in total. The van der Waals surface area contributed by atoms with Gasteiger partial charge in [0.05, 0.1) is 21.7 Å². The van der Waals surface area contributed by atoms with Crippen LogP contribution in [0.25, 0.3) is 5.83 Å². The molecule has 0 aromatic heterocycles. The van der Waals surface area contributed by atoms with Crippen LogP contribution < -0.4 is 5.32 Å². The van der Waals surface area contributed by atoms with Crippen LogP contribution >= 0.6 is 11.6 Å². The number of halogens is 14. The van der Waals surface area contributed by atoms with Crippen LogP contribution in [0.3, 0.4) is 0 Å². The van der Waals surface area contributed by atoms with Crippen molar-refractivity contribution < 1.29 is 66.7 Å². The Morgan fingerprint density at radius 2 is 1.44 bits per heavy atom. The summed E-state index contributed by atoms with van der Waals surface area (Å²) in [5, 5.41) is 0.798. The van der Waals surface area contributed by atoms with E-state index < -0.39 is 93.7 Å². The summed E-state index contributed by atoms with van der Waals surface area (Å²) in [7, 11) is 0.714. The molecule has 2 aromatic carbocycles. The van der Waals surface area contributed by atoms with Crippen molar-refractivity contribution in [1.29, 1.82) is 0 Å². The molecule has 0 saturated heterocycles. The van der Waals surface area contributed by atoms with E-state index in [0.717, 1.165) is 6.92 Å². The summed E-state index contributed by atoms with van der Waals surface area (Å²) in [4.78, 5) is 24.7. The average molecular weight is 661 g/mol. The zero-order valence-corrected chi connectivity index (χ0v) is 22.2. The summed E-state index contributed by atoms with van der Waals surface area (Å²) in [6, 6.07) is -0.0359. The van der Waals surface area contributed by atoms with Crippen molar-refractivity contribution in [2.24, 2.45) is 0 Å². The molecule has 0 bridgehead atoms. The van der Waals surface area contributed by atoms with Crippen molar-refractivity contribution >= 4 is 29.2 Å². The Morgan fingerprint density at radius 1 is 0.884 bits per heavy atom. The topological polar surface area (TPSA) is 49.4 Å². The molecule has 1 unspecified atom stereocenters. The van der Waals surface area contributed by atoms with Gasteiger partial charge in [-0.25, -0.2) is 4.39 Å². The molecule has 0 aliphatic heterocycles. The molecule has 0 heterocycles. The maximum absolute atomic E-state index is 15.0. The minimum Gasteiger partial charge on any atom is -0.341 e. The van der Waals surface area contributed by atoms with Crippen molar-refractivity contribution in [2.45, 2.75) is 43.6 Å². The van der Waals surface area contributed by atoms with E-state index in [-0.39, 0.29) is 23.1 Å². The number of likely N-dealkylation sites (N-methyl/N-ethyl adjacent to an activating group) is 1. The van der Waals surface area contributed by atoms with Gasteiger partial charge in [0, 0.05) is 12.6 Å². The van der Waals surface area contributed by atoms with E-state index >= 15 is 0 Å². The monoisotopic (exact) mass is 660 g/mol. The third-order valence-electron chi connectivity index (χ3n) is 5.68. The summed E-state index contributed by atoms with van der Waals surface area (Å²) < 4.78 is 174. The van der Waals surface area contributed by atoms with E-state index in [1.807, 2.05) is 0 Å². The van der Waals surface area contributed by atoms with E-state index in [1.165, 1.54) is 0 Å². The Hall–Kier alpha value is -3.50. The SMILES string of the molecule is C[C@@H](NC(=O)c1ccc(/C(F)=C/C(c2ccc(Cl)c(C(F)(F)F)c2)C(F)(F)F)cc1C(F)(F)F)C(=O)N(C)CC(F)(F)F. The molecule has 238 valence electrons. The van der Waals surface area contributed by atoms with Gasteiger partial charge in [-0.1, -0.05) is 23.7 Å². The second-order valence-electron chi connectivity index (χ2n) is 9.03. The molecule has 2 aromatic rings. The van der Waals surface area contributed by atoms with Crippen LogP contribution in [0, 0.1) is 0 Å². The number of nitrogens with zero attached hydrogens (tertiary/aromatic N) is 1. The molecule has 18 heteroatoms. The van der Waals surface area contributed by atoms with Gasteiger partial charge < -0.3 is 10.2 Å². The molecular weight excluding hydrogens is 643 g/mol. The second kappa shape index (κ2) is 12.6. The standard InChI is InChI=1S/C25H18ClF13N2O2/c1-11(21(43)41(2)10-22(28,29)30)40-20(42)14-5-3-13(8-16(14)24(34,35)36)19(27)9-15(23(31,32)33)12-4-6-18(26)17(7-12)25(37,38)39/h3-9,11,15H,10H2,1-2H3,(H,40,42)/b19-9-/t11-,15?/m1/s1. The lowest BCUT2D eigenvalue weighted by atomic mass is 9.94. The molecule has 2 rings (SSSR count). The fourth-order valence-corrected chi connectivity index (χ4v) is 3.94. The van der Waals surface area contributed by atoms with Crippen molar-refractivity contribution in [3.63, 3.8) is 0 Å². The maximum atomic E-state index is 15.0. The van der Waals surface area contributed by atoms with Gasteiger partial charge in [-0.05, 0) is 42.8 Å². The highest BCUT2D eigenvalue weighted by molar-refractivity contribution is 6.31. The fraction of sp³-hybridized carbons (Fsp3) is 0.360. The minimum absolute atomic E-state index is 0.00739. The summed E-state index contributed by atoms with van der Waals surface area (Å²) in [6.45, 7) is -0.873. The van der Waals surface area contributed by atoms with Gasteiger partial charge in [0.25, 0.3) is 5.91 Å². The highest BCUT2D eigenvalue weighted by Gasteiger charge is 2.42. The highest BCUT2D eigenvalue weighted by atomic mass is 35.5. The van der Waals surface area contributed by atoms with Crippen LogP contribution in [0.15, 0.2) is 42.5 Å². The minimum atomic E-state index is -5.44. The fourth-order valence-electron chi connectivity index (χ4n) is 3.71. The first-order valence-corrected chi connectivity index (χ1v) is 11.9. The Labute approximate surface area is 239 Å². The normalized spacial score (nSPS) is 14.7. The predicted octanol–water partition coefficient (Wildman–Crippen LogP) is 8.17. The summed E-state index contributed by atoms with van der Waals surface area (Å²) in [5.74, 6) is -8.01. The van der Waals surface area contributed by atoms with Gasteiger partial charge in [0.1, 0.15) is 24.3 Å².